The van der Waals surface area contributed by atoms with Gasteiger partial charge < -0.3 is 20.1 Å². The van der Waals surface area contributed by atoms with E-state index < -0.39 is 6.10 Å². The number of aliphatic hydroxyl groups excluding tert-OH is 3. The van der Waals surface area contributed by atoms with Gasteiger partial charge in [-0.05, 0) is 25.3 Å². The molecule has 1 unspecified atom stereocenters. The van der Waals surface area contributed by atoms with Gasteiger partial charge in [-0.3, -0.25) is 0 Å². The highest BCUT2D eigenvalue weighted by molar-refractivity contribution is 5.22. The lowest BCUT2D eigenvalue weighted by Crippen LogP contribution is -2.17. The molecule has 0 aliphatic carbocycles. The van der Waals surface area contributed by atoms with Gasteiger partial charge in [0, 0.05) is 12.7 Å². The largest absolute Gasteiger partial charge is 0.498 e. The molecule has 0 saturated carbocycles. The molecule has 144 valence electrons. The summed E-state index contributed by atoms with van der Waals surface area (Å²) in [5.41, 5.74) is 0. The molecule has 0 heterocycles. The molecule has 4 nitrogen and oxygen atoms in total. The summed E-state index contributed by atoms with van der Waals surface area (Å²) in [6, 6.07) is 0. The number of rotatable bonds is 16. The number of ether oxygens (including phenoxy) is 1. The van der Waals surface area contributed by atoms with Crippen LogP contribution in [0.5, 0.6) is 0 Å². The molecule has 0 bridgehead atoms. The average Bonchev–Trinajstić information content (AvgIpc) is 2.63. The van der Waals surface area contributed by atoms with E-state index in [1.54, 1.807) is 6.08 Å². The van der Waals surface area contributed by atoms with E-state index in [2.05, 4.69) is 17.9 Å². The molecule has 0 amide bonds. The Labute approximate surface area is 153 Å². The Hall–Kier alpha value is -1.28. The van der Waals surface area contributed by atoms with Gasteiger partial charge in [0.1, 0.15) is 12.7 Å². The molecule has 0 saturated heterocycles. The van der Waals surface area contributed by atoms with E-state index in [0.29, 0.717) is 6.61 Å². The van der Waals surface area contributed by atoms with Crippen molar-refractivity contribution in [3.05, 3.63) is 24.5 Å². The topological polar surface area (TPSA) is 69.9 Å². The Morgan fingerprint density at radius 2 is 1.32 bits per heavy atom. The predicted molar refractivity (Wildman–Crippen MR) is 103 cm³/mol. The third-order valence-electron chi connectivity index (χ3n) is 3.81. The van der Waals surface area contributed by atoms with Crippen LogP contribution in [0.3, 0.4) is 0 Å². The fraction of sp³-hybridized carbons (Fsp3) is 0.714. The molecule has 0 fully saturated rings. The van der Waals surface area contributed by atoms with Gasteiger partial charge in [0.25, 0.3) is 0 Å². The maximum atomic E-state index is 9.04. The molecule has 0 aromatic heterocycles. The maximum Gasteiger partial charge on any atom is 0.115 e. The first kappa shape index (κ1) is 23.7. The summed E-state index contributed by atoms with van der Waals surface area (Å²) in [5, 5.41) is 26.3. The molecule has 0 spiro atoms. The van der Waals surface area contributed by atoms with E-state index in [-0.39, 0.29) is 13.2 Å². The first-order valence-electron chi connectivity index (χ1n) is 9.63. The summed E-state index contributed by atoms with van der Waals surface area (Å²) in [6.45, 7) is 0.115. The molecule has 25 heavy (non-hydrogen) atoms. The molecule has 0 aliphatic heterocycles. The van der Waals surface area contributed by atoms with Crippen molar-refractivity contribution in [3.8, 4) is 11.8 Å². The van der Waals surface area contributed by atoms with Gasteiger partial charge in [-0.1, -0.05) is 69.3 Å². The second-order valence-electron chi connectivity index (χ2n) is 6.21. The predicted octanol–water partition coefficient (Wildman–Crippen LogP) is 3.71. The molecule has 1 atom stereocenters. The van der Waals surface area contributed by atoms with Gasteiger partial charge in [0.15, 0.2) is 0 Å². The molecule has 0 aromatic carbocycles. The van der Waals surface area contributed by atoms with Crippen molar-refractivity contribution in [3.63, 3.8) is 0 Å². The molecule has 3 N–H and O–H groups in total. The minimum Gasteiger partial charge on any atom is -0.498 e. The van der Waals surface area contributed by atoms with E-state index in [9.17, 15) is 0 Å². The molecular formula is C21H36O4. The Morgan fingerprint density at radius 3 is 1.92 bits per heavy atom. The first-order valence-corrected chi connectivity index (χ1v) is 9.63. The number of aliphatic hydroxyl groups is 3. The highest BCUT2D eigenvalue weighted by Crippen LogP contribution is 2.11. The Balaban J connectivity index is 3.30. The van der Waals surface area contributed by atoms with Crippen molar-refractivity contribution in [1.29, 1.82) is 0 Å². The summed E-state index contributed by atoms with van der Waals surface area (Å²) in [5.74, 6) is 5.72. The Morgan fingerprint density at radius 1 is 0.760 bits per heavy atom. The van der Waals surface area contributed by atoms with E-state index in [1.165, 1.54) is 64.0 Å². The second kappa shape index (κ2) is 20.8. The van der Waals surface area contributed by atoms with Gasteiger partial charge in [0.05, 0.1) is 12.9 Å². The summed E-state index contributed by atoms with van der Waals surface area (Å²) in [7, 11) is 0. The minimum absolute atomic E-state index is 0.0776. The van der Waals surface area contributed by atoms with Crippen LogP contribution in [0.1, 0.15) is 70.6 Å². The number of unbranched alkanes of at least 4 members (excludes halogenated alkanes) is 10. The van der Waals surface area contributed by atoms with Crippen molar-refractivity contribution in [2.24, 2.45) is 0 Å². The molecule has 0 aromatic rings. The zero-order chi connectivity index (χ0) is 18.4. The highest BCUT2D eigenvalue weighted by Gasteiger charge is 1.98. The van der Waals surface area contributed by atoms with Gasteiger partial charge >= 0.3 is 0 Å². The van der Waals surface area contributed by atoms with Crippen LogP contribution in [0.25, 0.3) is 0 Å². The van der Waals surface area contributed by atoms with E-state index in [1.807, 2.05) is 6.08 Å². The third-order valence-corrected chi connectivity index (χ3v) is 3.81. The smallest absolute Gasteiger partial charge is 0.115 e. The van der Waals surface area contributed by atoms with Gasteiger partial charge in [-0.25, -0.2) is 0 Å². The fourth-order valence-corrected chi connectivity index (χ4v) is 2.33. The Bertz CT molecular complexity index is 379. The van der Waals surface area contributed by atoms with Crippen LogP contribution in [0, 0.1) is 11.8 Å². The van der Waals surface area contributed by atoms with Gasteiger partial charge in [-0.15, -0.1) is 0 Å². The molecule has 4 heteroatoms. The quantitative estimate of drug-likeness (QED) is 0.225. The maximum absolute atomic E-state index is 9.04. The second-order valence-corrected chi connectivity index (χ2v) is 6.21. The summed E-state index contributed by atoms with van der Waals surface area (Å²) in [4.78, 5) is 0. The van der Waals surface area contributed by atoms with Gasteiger partial charge in [0.2, 0.25) is 0 Å². The molecule has 0 radical (unpaired) electrons. The SMILES string of the molecule is OCCCCCCCCCCCC/C=C\C#C/C=C\OCC(O)CO. The van der Waals surface area contributed by atoms with Crippen LogP contribution >= 0.6 is 0 Å². The lowest BCUT2D eigenvalue weighted by molar-refractivity contribution is 0.0385. The van der Waals surface area contributed by atoms with Crippen molar-refractivity contribution < 1.29 is 20.1 Å². The minimum atomic E-state index is -0.839. The van der Waals surface area contributed by atoms with Crippen LogP contribution in [-0.4, -0.2) is 41.2 Å². The number of hydrogen-bond acceptors (Lipinski definition) is 4. The summed E-state index contributed by atoms with van der Waals surface area (Å²) >= 11 is 0. The van der Waals surface area contributed by atoms with Crippen LogP contribution in [-0.2, 0) is 4.74 Å². The molecule has 0 aliphatic rings. The zero-order valence-electron chi connectivity index (χ0n) is 15.5. The standard InChI is InChI=1S/C21H36O4/c22-17-15-13-11-9-7-5-3-1-2-4-6-8-10-12-14-16-18-25-20-21(24)19-23/h8,10,16,18,21-24H,1-7,9,11,13,15,17,19-20H2/b10-8-,18-16-. The number of hydrogen-bond donors (Lipinski definition) is 3. The van der Waals surface area contributed by atoms with Crippen molar-refractivity contribution in [2.75, 3.05) is 19.8 Å². The van der Waals surface area contributed by atoms with Crippen molar-refractivity contribution in [2.45, 2.75) is 76.7 Å². The lowest BCUT2D eigenvalue weighted by Gasteiger charge is -2.04. The van der Waals surface area contributed by atoms with Crippen molar-refractivity contribution >= 4 is 0 Å². The molecule has 0 rings (SSSR count). The van der Waals surface area contributed by atoms with E-state index in [0.717, 1.165) is 12.8 Å². The van der Waals surface area contributed by atoms with Crippen LogP contribution in [0.2, 0.25) is 0 Å². The van der Waals surface area contributed by atoms with E-state index in [4.69, 9.17) is 20.1 Å². The van der Waals surface area contributed by atoms with Crippen LogP contribution in [0.15, 0.2) is 24.5 Å². The number of allylic oxidation sites excluding steroid dienone is 3. The highest BCUT2D eigenvalue weighted by atomic mass is 16.5. The van der Waals surface area contributed by atoms with E-state index >= 15 is 0 Å². The van der Waals surface area contributed by atoms with Crippen molar-refractivity contribution in [1.82, 2.24) is 0 Å². The lowest BCUT2D eigenvalue weighted by atomic mass is 10.1. The van der Waals surface area contributed by atoms with Gasteiger partial charge in [-0.2, -0.15) is 0 Å². The van der Waals surface area contributed by atoms with Crippen LogP contribution < -0.4 is 0 Å². The third kappa shape index (κ3) is 20.7. The van der Waals surface area contributed by atoms with Crippen LogP contribution in [0.4, 0.5) is 0 Å². The Kier molecular flexibility index (Phi) is 19.7. The monoisotopic (exact) mass is 352 g/mol. The fourth-order valence-electron chi connectivity index (χ4n) is 2.33. The summed E-state index contributed by atoms with van der Waals surface area (Å²) < 4.78 is 4.98. The average molecular weight is 353 g/mol. The summed E-state index contributed by atoms with van der Waals surface area (Å²) in [6.07, 6.45) is 19.7. The zero-order valence-corrected chi connectivity index (χ0v) is 15.5. The normalized spacial score (nSPS) is 12.4. The first-order chi connectivity index (χ1) is 12.3. The molecular weight excluding hydrogens is 316 g/mol.